The number of likely N-dealkylation sites (N-methyl/N-ethyl adjacent to an activating group) is 1. The summed E-state index contributed by atoms with van der Waals surface area (Å²) in [5.74, 6) is 2.76. The van der Waals surface area contributed by atoms with Gasteiger partial charge in [0.15, 0.2) is 17.3 Å². The van der Waals surface area contributed by atoms with Crippen LogP contribution in [-0.2, 0) is 17.3 Å². The third kappa shape index (κ3) is 3.19. The Bertz CT molecular complexity index is 1180. The first-order valence-corrected chi connectivity index (χ1v) is 12.4. The molecule has 0 saturated carbocycles. The summed E-state index contributed by atoms with van der Waals surface area (Å²) in [7, 11) is 3.76. The number of carbonyl (C=O) groups excluding carboxylic acids is 1. The van der Waals surface area contributed by atoms with Crippen LogP contribution in [0.2, 0.25) is 0 Å². The molecule has 0 fully saturated rings. The fourth-order valence-corrected chi connectivity index (χ4v) is 6.51. The van der Waals surface area contributed by atoms with E-state index in [0.29, 0.717) is 23.8 Å². The Kier molecular flexibility index (Phi) is 5.29. The van der Waals surface area contributed by atoms with Crippen molar-refractivity contribution >= 4 is 5.78 Å². The molecule has 0 amide bonds. The molecule has 2 aromatic carbocycles. The Morgan fingerprint density at radius 2 is 1.79 bits per heavy atom. The van der Waals surface area contributed by atoms with Crippen molar-refractivity contribution in [1.29, 1.82) is 0 Å². The van der Waals surface area contributed by atoms with Crippen LogP contribution in [0, 0.1) is 12.8 Å². The molecule has 0 aromatic heterocycles. The fraction of sp³-hybridized carbons (Fsp3) is 0.552. The van der Waals surface area contributed by atoms with Crippen molar-refractivity contribution in [2.75, 3.05) is 27.5 Å². The van der Waals surface area contributed by atoms with Gasteiger partial charge in [0.25, 0.3) is 0 Å². The zero-order valence-corrected chi connectivity index (χ0v) is 21.8. The van der Waals surface area contributed by atoms with Gasteiger partial charge in [0, 0.05) is 30.1 Å². The highest BCUT2D eigenvalue weighted by atomic mass is 16.7. The second kappa shape index (κ2) is 7.74. The van der Waals surface area contributed by atoms with E-state index in [2.05, 4.69) is 71.7 Å². The van der Waals surface area contributed by atoms with Gasteiger partial charge in [-0.05, 0) is 71.5 Å². The van der Waals surface area contributed by atoms with E-state index < -0.39 is 0 Å². The minimum Gasteiger partial charge on any atom is -0.492 e. The summed E-state index contributed by atoms with van der Waals surface area (Å²) in [4.78, 5) is 16.1. The molecule has 2 atom stereocenters. The predicted octanol–water partition coefficient (Wildman–Crippen LogP) is 5.74. The maximum absolute atomic E-state index is 13.9. The zero-order chi connectivity index (χ0) is 24.6. The number of carbonyl (C=O) groups is 1. The summed E-state index contributed by atoms with van der Waals surface area (Å²) in [6, 6.07) is 6.46. The van der Waals surface area contributed by atoms with E-state index in [0.717, 1.165) is 35.4 Å². The van der Waals surface area contributed by atoms with Crippen molar-refractivity contribution in [3.63, 3.8) is 0 Å². The molecule has 0 bridgehead atoms. The molecule has 2 aliphatic heterocycles. The molecule has 5 nitrogen and oxygen atoms in total. The van der Waals surface area contributed by atoms with Gasteiger partial charge in [-0.1, -0.05) is 40.7 Å². The number of ketones is 1. The lowest BCUT2D eigenvalue weighted by Crippen LogP contribution is -2.34. The number of fused-ring (bicyclic) bond motifs is 3. The monoisotopic (exact) mass is 463 g/mol. The van der Waals surface area contributed by atoms with Gasteiger partial charge in [0.05, 0.1) is 7.11 Å². The number of aryl methyl sites for hydroxylation is 1. The molecule has 0 N–H and O–H groups in total. The molecule has 34 heavy (non-hydrogen) atoms. The summed E-state index contributed by atoms with van der Waals surface area (Å²) < 4.78 is 17.2. The van der Waals surface area contributed by atoms with Crippen LogP contribution in [0.25, 0.3) is 0 Å². The molecule has 0 unspecified atom stereocenters. The highest BCUT2D eigenvalue weighted by Gasteiger charge is 2.49. The van der Waals surface area contributed by atoms with Crippen molar-refractivity contribution in [2.45, 2.75) is 71.3 Å². The zero-order valence-electron chi connectivity index (χ0n) is 21.8. The molecular weight excluding hydrogens is 426 g/mol. The van der Waals surface area contributed by atoms with Crippen LogP contribution in [0.1, 0.15) is 85.3 Å². The van der Waals surface area contributed by atoms with Crippen molar-refractivity contribution in [1.82, 2.24) is 4.90 Å². The topological polar surface area (TPSA) is 48.0 Å². The minimum atomic E-state index is -0.0725. The minimum absolute atomic E-state index is 0.0247. The van der Waals surface area contributed by atoms with E-state index >= 15 is 0 Å². The highest BCUT2D eigenvalue weighted by molar-refractivity contribution is 5.98. The first-order valence-electron chi connectivity index (χ1n) is 12.4. The van der Waals surface area contributed by atoms with Gasteiger partial charge in [-0.3, -0.25) is 9.69 Å². The molecule has 2 heterocycles. The van der Waals surface area contributed by atoms with Crippen LogP contribution < -0.4 is 14.2 Å². The van der Waals surface area contributed by atoms with Gasteiger partial charge in [-0.2, -0.15) is 0 Å². The smallest absolute Gasteiger partial charge is 0.231 e. The lowest BCUT2D eigenvalue weighted by molar-refractivity contribution is 0.0925. The maximum atomic E-state index is 13.9. The number of methoxy groups -OCH3 is 1. The van der Waals surface area contributed by atoms with E-state index in [9.17, 15) is 4.79 Å². The van der Waals surface area contributed by atoms with Crippen molar-refractivity contribution in [2.24, 2.45) is 5.92 Å². The van der Waals surface area contributed by atoms with Gasteiger partial charge < -0.3 is 14.2 Å². The molecule has 3 aliphatic rings. The van der Waals surface area contributed by atoms with E-state index in [4.69, 9.17) is 14.2 Å². The first-order chi connectivity index (χ1) is 16.0. The molecule has 5 rings (SSSR count). The van der Waals surface area contributed by atoms with Crippen LogP contribution in [0.15, 0.2) is 18.2 Å². The highest BCUT2D eigenvalue weighted by Crippen LogP contribution is 2.54. The van der Waals surface area contributed by atoms with Crippen LogP contribution in [0.3, 0.4) is 0 Å². The van der Waals surface area contributed by atoms with Crippen LogP contribution >= 0.6 is 0 Å². The van der Waals surface area contributed by atoms with E-state index in [1.807, 2.05) is 0 Å². The largest absolute Gasteiger partial charge is 0.492 e. The van der Waals surface area contributed by atoms with Gasteiger partial charge in [0.1, 0.15) is 0 Å². The molecular formula is C29H37NO4. The summed E-state index contributed by atoms with van der Waals surface area (Å²) in [6.45, 7) is 14.8. The normalized spacial score (nSPS) is 24.0. The maximum Gasteiger partial charge on any atom is 0.231 e. The van der Waals surface area contributed by atoms with E-state index in [-0.39, 0.29) is 29.4 Å². The summed E-state index contributed by atoms with van der Waals surface area (Å²) in [5.41, 5.74) is 6.96. The number of ether oxygens (including phenoxy) is 3. The summed E-state index contributed by atoms with van der Waals surface area (Å²) >= 11 is 0. The Labute approximate surface area is 203 Å². The summed E-state index contributed by atoms with van der Waals surface area (Å²) in [6.07, 6.45) is 1.29. The predicted molar refractivity (Wildman–Crippen MR) is 134 cm³/mol. The number of rotatable bonds is 4. The lowest BCUT2D eigenvalue weighted by Gasteiger charge is -2.35. The molecule has 0 radical (unpaired) electrons. The third-order valence-corrected chi connectivity index (χ3v) is 9.14. The van der Waals surface area contributed by atoms with Crippen LogP contribution in [0.5, 0.6) is 17.2 Å². The van der Waals surface area contributed by atoms with Gasteiger partial charge in [-0.15, -0.1) is 0 Å². The van der Waals surface area contributed by atoms with E-state index in [1.54, 1.807) is 7.11 Å². The van der Waals surface area contributed by atoms with Gasteiger partial charge in [0.2, 0.25) is 12.5 Å². The van der Waals surface area contributed by atoms with Crippen LogP contribution in [0.4, 0.5) is 0 Å². The van der Waals surface area contributed by atoms with Gasteiger partial charge >= 0.3 is 0 Å². The Balaban J connectivity index is 1.54. The number of benzene rings is 2. The lowest BCUT2D eigenvalue weighted by atomic mass is 9.71. The van der Waals surface area contributed by atoms with Crippen molar-refractivity contribution < 1.29 is 19.0 Å². The Hall–Kier alpha value is -2.53. The molecule has 0 saturated heterocycles. The van der Waals surface area contributed by atoms with Crippen molar-refractivity contribution in [3.8, 4) is 17.2 Å². The standard InChI is InChI=1S/C29H37NO4/c1-16-11-20-21(29(5,6)17(2)28(20,3)4)13-19(16)23(31)14-22-25-18(9-10-30(22)7)12-24-26(27(25)32-8)34-15-33-24/h11-13,17,22H,9-10,14-15H2,1-8H3/t17-,22+/m1/s1. The number of hydrogen-bond acceptors (Lipinski definition) is 5. The van der Waals surface area contributed by atoms with Gasteiger partial charge in [-0.25, -0.2) is 0 Å². The molecule has 0 spiro atoms. The molecule has 5 heteroatoms. The quantitative estimate of drug-likeness (QED) is 0.541. The third-order valence-electron chi connectivity index (χ3n) is 9.14. The number of nitrogens with zero attached hydrogens (tertiary/aromatic N) is 1. The average Bonchev–Trinajstić information content (AvgIpc) is 3.30. The first kappa shape index (κ1) is 23.2. The molecule has 182 valence electrons. The second-order valence-electron chi connectivity index (χ2n) is 11.5. The summed E-state index contributed by atoms with van der Waals surface area (Å²) in [5, 5.41) is 0. The SMILES string of the molecule is COc1c2c(cc3c1[C@H](CC(=O)c1cc4c(cc1C)C(C)(C)[C@@H](C)C4(C)C)N(C)CC3)OCO2. The number of Topliss-reactive ketones (excluding diaryl/α,β-unsaturated/α-hetero) is 1. The molecule has 1 aliphatic carbocycles. The van der Waals surface area contributed by atoms with Crippen LogP contribution in [-0.4, -0.2) is 38.2 Å². The second-order valence-corrected chi connectivity index (χ2v) is 11.5. The van der Waals surface area contributed by atoms with E-state index in [1.165, 1.54) is 16.7 Å². The van der Waals surface area contributed by atoms with Crippen molar-refractivity contribution in [3.05, 3.63) is 51.6 Å². The fourth-order valence-electron chi connectivity index (χ4n) is 6.51. The number of hydrogen-bond donors (Lipinski definition) is 0. The Morgan fingerprint density at radius 3 is 2.47 bits per heavy atom. The molecule has 2 aromatic rings. The Morgan fingerprint density at radius 1 is 1.12 bits per heavy atom. The average molecular weight is 464 g/mol.